The second-order valence-corrected chi connectivity index (χ2v) is 4.88. The van der Waals surface area contributed by atoms with Crippen LogP contribution < -0.4 is 0 Å². The van der Waals surface area contributed by atoms with E-state index in [1.807, 2.05) is 0 Å². The maximum absolute atomic E-state index is 11.0. The standard InChI is InChI=1S/C9H6ClNO4S/c10-6-4-7(16(13,14)15)9(12)8-5(6)2-1-3-11-8/h1-4,12H,(H,13,14,15). The molecule has 1 heterocycles. The lowest BCUT2D eigenvalue weighted by Gasteiger charge is -2.06. The molecule has 5 nitrogen and oxygen atoms in total. The van der Waals surface area contributed by atoms with Crippen LogP contribution in [0, 0.1) is 0 Å². The number of hydrogen-bond donors (Lipinski definition) is 2. The number of pyridine rings is 1. The molecule has 2 aromatic rings. The van der Waals surface area contributed by atoms with Gasteiger partial charge in [-0.1, -0.05) is 11.6 Å². The minimum absolute atomic E-state index is 0.0302. The molecule has 1 aromatic heterocycles. The molecule has 16 heavy (non-hydrogen) atoms. The van der Waals surface area contributed by atoms with Crippen molar-refractivity contribution in [3.8, 4) is 5.75 Å². The Morgan fingerprint density at radius 2 is 2.06 bits per heavy atom. The van der Waals surface area contributed by atoms with E-state index in [0.717, 1.165) is 6.07 Å². The molecule has 7 heteroatoms. The van der Waals surface area contributed by atoms with Crippen LogP contribution in [0.25, 0.3) is 10.9 Å². The van der Waals surface area contributed by atoms with Crippen LogP contribution in [0.3, 0.4) is 0 Å². The molecule has 0 saturated heterocycles. The van der Waals surface area contributed by atoms with Crippen molar-refractivity contribution in [2.75, 3.05) is 0 Å². The Bertz CT molecular complexity index is 669. The van der Waals surface area contributed by atoms with Gasteiger partial charge in [0.25, 0.3) is 10.1 Å². The molecule has 0 unspecified atom stereocenters. The van der Waals surface area contributed by atoms with Gasteiger partial charge in [-0.15, -0.1) is 0 Å². The molecule has 0 radical (unpaired) electrons. The summed E-state index contributed by atoms with van der Waals surface area (Å²) in [6, 6.07) is 4.16. The highest BCUT2D eigenvalue weighted by atomic mass is 35.5. The van der Waals surface area contributed by atoms with Gasteiger partial charge in [0, 0.05) is 11.6 Å². The summed E-state index contributed by atoms with van der Waals surface area (Å²) < 4.78 is 30.8. The highest BCUT2D eigenvalue weighted by molar-refractivity contribution is 7.86. The van der Waals surface area contributed by atoms with Crippen molar-refractivity contribution in [2.45, 2.75) is 4.90 Å². The number of rotatable bonds is 1. The molecule has 1 aromatic carbocycles. The Labute approximate surface area is 96.1 Å². The Morgan fingerprint density at radius 3 is 2.69 bits per heavy atom. The minimum atomic E-state index is -4.52. The van der Waals surface area contributed by atoms with E-state index in [1.54, 1.807) is 12.1 Å². The van der Waals surface area contributed by atoms with Crippen LogP contribution in [0.4, 0.5) is 0 Å². The number of fused-ring (bicyclic) bond motifs is 1. The summed E-state index contributed by atoms with van der Waals surface area (Å²) in [4.78, 5) is 3.16. The third-order valence-electron chi connectivity index (χ3n) is 2.06. The quantitative estimate of drug-likeness (QED) is 0.763. The van der Waals surface area contributed by atoms with E-state index in [9.17, 15) is 13.5 Å². The SMILES string of the molecule is O=S(=O)(O)c1cc(Cl)c2cccnc2c1O. The van der Waals surface area contributed by atoms with Crippen molar-refractivity contribution in [3.05, 3.63) is 29.4 Å². The van der Waals surface area contributed by atoms with E-state index < -0.39 is 20.8 Å². The van der Waals surface area contributed by atoms with Gasteiger partial charge in [0.2, 0.25) is 0 Å². The normalized spacial score (nSPS) is 11.9. The fraction of sp³-hybridized carbons (Fsp3) is 0. The molecular weight excluding hydrogens is 254 g/mol. The fourth-order valence-corrected chi connectivity index (χ4v) is 2.30. The maximum Gasteiger partial charge on any atom is 0.298 e. The fourth-order valence-electron chi connectivity index (χ4n) is 1.36. The number of aromatic hydroxyl groups is 1. The van der Waals surface area contributed by atoms with Crippen molar-refractivity contribution in [1.82, 2.24) is 4.98 Å². The molecule has 0 atom stereocenters. The summed E-state index contributed by atoms with van der Waals surface area (Å²) in [6.45, 7) is 0. The van der Waals surface area contributed by atoms with Crippen LogP contribution in [-0.4, -0.2) is 23.1 Å². The highest BCUT2D eigenvalue weighted by Gasteiger charge is 2.20. The largest absolute Gasteiger partial charge is 0.504 e. The summed E-state index contributed by atoms with van der Waals surface area (Å²) in [5, 5.41) is 10.2. The van der Waals surface area contributed by atoms with Gasteiger partial charge in [-0.2, -0.15) is 8.42 Å². The first-order valence-electron chi connectivity index (χ1n) is 4.15. The van der Waals surface area contributed by atoms with Crippen LogP contribution in [0.2, 0.25) is 5.02 Å². The van der Waals surface area contributed by atoms with Gasteiger partial charge in [-0.3, -0.25) is 9.54 Å². The molecule has 0 aliphatic heterocycles. The van der Waals surface area contributed by atoms with Crippen LogP contribution in [0.5, 0.6) is 5.75 Å². The van der Waals surface area contributed by atoms with E-state index in [0.29, 0.717) is 5.39 Å². The van der Waals surface area contributed by atoms with Crippen molar-refractivity contribution in [2.24, 2.45) is 0 Å². The molecule has 0 amide bonds. The molecule has 0 aliphatic carbocycles. The molecular formula is C9H6ClNO4S. The number of hydrogen-bond acceptors (Lipinski definition) is 4. The highest BCUT2D eigenvalue weighted by Crippen LogP contribution is 2.35. The zero-order chi connectivity index (χ0) is 11.9. The van der Waals surface area contributed by atoms with Gasteiger partial charge in [-0.05, 0) is 18.2 Å². The smallest absolute Gasteiger partial charge is 0.298 e. The predicted octanol–water partition coefficient (Wildman–Crippen LogP) is 1.84. The molecule has 0 saturated carbocycles. The topological polar surface area (TPSA) is 87.5 Å². The third kappa shape index (κ3) is 1.71. The summed E-state index contributed by atoms with van der Waals surface area (Å²) in [7, 11) is -4.52. The first kappa shape index (κ1) is 11.1. The van der Waals surface area contributed by atoms with Gasteiger partial charge in [0.05, 0.1) is 5.02 Å². The van der Waals surface area contributed by atoms with Crippen LogP contribution in [0.15, 0.2) is 29.3 Å². The van der Waals surface area contributed by atoms with Crippen molar-refractivity contribution in [3.63, 3.8) is 0 Å². The van der Waals surface area contributed by atoms with E-state index in [2.05, 4.69) is 4.98 Å². The molecule has 0 spiro atoms. The first-order valence-corrected chi connectivity index (χ1v) is 5.97. The lowest BCUT2D eigenvalue weighted by molar-refractivity contribution is 0.447. The van der Waals surface area contributed by atoms with E-state index in [-0.39, 0.29) is 10.5 Å². The molecule has 0 fully saturated rings. The number of phenolic OH excluding ortho intramolecular Hbond substituents is 1. The van der Waals surface area contributed by atoms with E-state index in [1.165, 1.54) is 6.20 Å². The summed E-state index contributed by atoms with van der Waals surface area (Å²) in [5.74, 6) is -0.609. The average Bonchev–Trinajstić information content (AvgIpc) is 2.22. The summed E-state index contributed by atoms with van der Waals surface area (Å²) in [5.41, 5.74) is 0.0302. The maximum atomic E-state index is 11.0. The lowest BCUT2D eigenvalue weighted by Crippen LogP contribution is -1.99. The summed E-state index contributed by atoms with van der Waals surface area (Å²) >= 11 is 5.81. The van der Waals surface area contributed by atoms with E-state index in [4.69, 9.17) is 16.2 Å². The third-order valence-corrected chi connectivity index (χ3v) is 3.24. The molecule has 84 valence electrons. The van der Waals surface area contributed by atoms with Gasteiger partial charge >= 0.3 is 0 Å². The molecule has 2 rings (SSSR count). The zero-order valence-corrected chi connectivity index (χ0v) is 9.33. The number of phenols is 1. The van der Waals surface area contributed by atoms with Crippen LogP contribution >= 0.6 is 11.6 Å². The van der Waals surface area contributed by atoms with E-state index >= 15 is 0 Å². The van der Waals surface area contributed by atoms with Crippen LogP contribution in [0.1, 0.15) is 0 Å². The molecule has 0 bridgehead atoms. The Hall–Kier alpha value is -1.37. The van der Waals surface area contributed by atoms with Gasteiger partial charge in [0.1, 0.15) is 10.4 Å². The predicted molar refractivity (Wildman–Crippen MR) is 58.2 cm³/mol. The summed E-state index contributed by atoms with van der Waals surface area (Å²) in [6.07, 6.45) is 1.38. The second kappa shape index (κ2) is 3.58. The number of benzene rings is 1. The lowest BCUT2D eigenvalue weighted by atomic mass is 10.2. The minimum Gasteiger partial charge on any atom is -0.504 e. The monoisotopic (exact) mass is 259 g/mol. The molecule has 0 aliphatic rings. The van der Waals surface area contributed by atoms with Gasteiger partial charge < -0.3 is 5.11 Å². The van der Waals surface area contributed by atoms with Gasteiger partial charge in [0.15, 0.2) is 5.75 Å². The second-order valence-electron chi connectivity index (χ2n) is 3.08. The van der Waals surface area contributed by atoms with Crippen molar-refractivity contribution < 1.29 is 18.1 Å². The number of halogens is 1. The van der Waals surface area contributed by atoms with Crippen LogP contribution in [-0.2, 0) is 10.1 Å². The van der Waals surface area contributed by atoms with Gasteiger partial charge in [-0.25, -0.2) is 0 Å². The number of nitrogens with zero attached hydrogens (tertiary/aromatic N) is 1. The zero-order valence-electron chi connectivity index (χ0n) is 7.75. The Kier molecular flexibility index (Phi) is 2.49. The number of aromatic nitrogens is 1. The van der Waals surface area contributed by atoms with Crippen molar-refractivity contribution in [1.29, 1.82) is 0 Å². The van der Waals surface area contributed by atoms with Crippen molar-refractivity contribution >= 4 is 32.6 Å². The average molecular weight is 260 g/mol. The first-order chi connectivity index (χ1) is 7.41. The Balaban J connectivity index is 2.97. The molecule has 2 N–H and O–H groups in total. The Morgan fingerprint density at radius 1 is 1.38 bits per heavy atom.